The molecule has 0 saturated carbocycles. The summed E-state index contributed by atoms with van der Waals surface area (Å²) in [6.45, 7) is 2.09. The SMILES string of the molecule is Cc1ccc(OC(=O)NCCOC(N)=O)cc1. The molecule has 0 atom stereocenters. The van der Waals surface area contributed by atoms with Crippen LogP contribution in [0.25, 0.3) is 0 Å². The summed E-state index contributed by atoms with van der Waals surface area (Å²) >= 11 is 0. The summed E-state index contributed by atoms with van der Waals surface area (Å²) in [6, 6.07) is 7.04. The number of rotatable bonds is 4. The molecule has 0 fully saturated rings. The quantitative estimate of drug-likeness (QED) is 0.770. The van der Waals surface area contributed by atoms with E-state index in [1.54, 1.807) is 12.1 Å². The summed E-state index contributed by atoms with van der Waals surface area (Å²) in [5.74, 6) is 0.448. The zero-order valence-corrected chi connectivity index (χ0v) is 9.43. The number of aryl methyl sites for hydroxylation is 1. The van der Waals surface area contributed by atoms with Crippen LogP contribution in [-0.4, -0.2) is 25.3 Å². The molecular weight excluding hydrogens is 224 g/mol. The van der Waals surface area contributed by atoms with Crippen LogP contribution in [0.5, 0.6) is 5.75 Å². The third-order valence-corrected chi connectivity index (χ3v) is 1.85. The molecule has 0 saturated heterocycles. The molecule has 1 aromatic rings. The van der Waals surface area contributed by atoms with E-state index in [0.29, 0.717) is 5.75 Å². The molecule has 0 aromatic heterocycles. The van der Waals surface area contributed by atoms with E-state index in [0.717, 1.165) is 5.56 Å². The lowest BCUT2D eigenvalue weighted by Gasteiger charge is -2.06. The molecule has 17 heavy (non-hydrogen) atoms. The molecule has 0 bridgehead atoms. The molecular formula is C11H14N2O4. The Bertz CT molecular complexity index is 389. The summed E-state index contributed by atoms with van der Waals surface area (Å²) in [6.07, 6.45) is -1.49. The van der Waals surface area contributed by atoms with Crippen molar-refractivity contribution in [3.05, 3.63) is 29.8 Å². The van der Waals surface area contributed by atoms with E-state index in [4.69, 9.17) is 10.5 Å². The smallest absolute Gasteiger partial charge is 0.412 e. The zero-order valence-electron chi connectivity index (χ0n) is 9.43. The number of hydrogen-bond donors (Lipinski definition) is 2. The molecule has 0 aliphatic carbocycles. The highest BCUT2D eigenvalue weighted by atomic mass is 16.6. The maximum Gasteiger partial charge on any atom is 0.412 e. The molecule has 0 radical (unpaired) electrons. The lowest BCUT2D eigenvalue weighted by molar-refractivity contribution is 0.154. The zero-order chi connectivity index (χ0) is 12.7. The highest BCUT2D eigenvalue weighted by Gasteiger charge is 2.03. The maximum absolute atomic E-state index is 11.2. The summed E-state index contributed by atoms with van der Waals surface area (Å²) in [7, 11) is 0. The first-order chi connectivity index (χ1) is 8.08. The monoisotopic (exact) mass is 238 g/mol. The lowest BCUT2D eigenvalue weighted by Crippen LogP contribution is -2.31. The number of nitrogens with two attached hydrogens (primary N) is 1. The van der Waals surface area contributed by atoms with E-state index in [2.05, 4.69) is 10.1 Å². The average molecular weight is 238 g/mol. The van der Waals surface area contributed by atoms with Crippen molar-refractivity contribution in [2.24, 2.45) is 5.73 Å². The van der Waals surface area contributed by atoms with Crippen LogP contribution < -0.4 is 15.8 Å². The van der Waals surface area contributed by atoms with Gasteiger partial charge in [-0.2, -0.15) is 0 Å². The van der Waals surface area contributed by atoms with E-state index < -0.39 is 12.2 Å². The Labute approximate surface area is 98.7 Å². The number of amides is 2. The first-order valence-corrected chi connectivity index (χ1v) is 5.02. The highest BCUT2D eigenvalue weighted by molar-refractivity contribution is 5.70. The van der Waals surface area contributed by atoms with Gasteiger partial charge < -0.3 is 20.5 Å². The molecule has 1 rings (SSSR count). The molecule has 0 heterocycles. The van der Waals surface area contributed by atoms with E-state index >= 15 is 0 Å². The van der Waals surface area contributed by atoms with Crippen LogP contribution in [0.2, 0.25) is 0 Å². The highest BCUT2D eigenvalue weighted by Crippen LogP contribution is 2.11. The first kappa shape index (κ1) is 12.8. The number of carbonyl (C=O) groups excluding carboxylic acids is 2. The molecule has 0 spiro atoms. The van der Waals surface area contributed by atoms with Crippen LogP contribution >= 0.6 is 0 Å². The van der Waals surface area contributed by atoms with Gasteiger partial charge in [0, 0.05) is 0 Å². The van der Waals surface area contributed by atoms with Gasteiger partial charge in [-0.1, -0.05) is 17.7 Å². The Morgan fingerprint density at radius 3 is 2.53 bits per heavy atom. The molecule has 92 valence electrons. The Morgan fingerprint density at radius 2 is 1.94 bits per heavy atom. The van der Waals surface area contributed by atoms with Crippen LogP contribution in [0.15, 0.2) is 24.3 Å². The topological polar surface area (TPSA) is 90.7 Å². The number of benzene rings is 1. The van der Waals surface area contributed by atoms with Crippen molar-refractivity contribution in [3.8, 4) is 5.75 Å². The van der Waals surface area contributed by atoms with Crippen molar-refractivity contribution in [3.63, 3.8) is 0 Å². The molecule has 2 amide bonds. The molecule has 6 heteroatoms. The van der Waals surface area contributed by atoms with Gasteiger partial charge >= 0.3 is 12.2 Å². The molecule has 0 unspecified atom stereocenters. The van der Waals surface area contributed by atoms with Gasteiger partial charge in [-0.25, -0.2) is 9.59 Å². The minimum absolute atomic E-state index is 0.0122. The van der Waals surface area contributed by atoms with E-state index in [9.17, 15) is 9.59 Å². The van der Waals surface area contributed by atoms with Crippen LogP contribution in [0.4, 0.5) is 9.59 Å². The van der Waals surface area contributed by atoms with E-state index in [-0.39, 0.29) is 13.2 Å². The van der Waals surface area contributed by atoms with Gasteiger partial charge in [-0.3, -0.25) is 0 Å². The summed E-state index contributed by atoms with van der Waals surface area (Å²) in [4.78, 5) is 21.5. The van der Waals surface area contributed by atoms with Gasteiger partial charge in [-0.15, -0.1) is 0 Å². The number of primary amides is 1. The average Bonchev–Trinajstić information content (AvgIpc) is 2.27. The van der Waals surface area contributed by atoms with Gasteiger partial charge in [-0.05, 0) is 19.1 Å². The third-order valence-electron chi connectivity index (χ3n) is 1.85. The first-order valence-electron chi connectivity index (χ1n) is 5.02. The number of hydrogen-bond acceptors (Lipinski definition) is 4. The minimum Gasteiger partial charge on any atom is -0.448 e. The Balaban J connectivity index is 2.25. The lowest BCUT2D eigenvalue weighted by atomic mass is 10.2. The van der Waals surface area contributed by atoms with Crippen molar-refractivity contribution < 1.29 is 19.1 Å². The van der Waals surface area contributed by atoms with Crippen molar-refractivity contribution >= 4 is 12.2 Å². The summed E-state index contributed by atoms with van der Waals surface area (Å²) in [5, 5.41) is 2.41. The van der Waals surface area contributed by atoms with Crippen LogP contribution in [0.3, 0.4) is 0 Å². The summed E-state index contributed by atoms with van der Waals surface area (Å²) in [5.41, 5.74) is 5.82. The van der Waals surface area contributed by atoms with Crippen LogP contribution in [0.1, 0.15) is 5.56 Å². The van der Waals surface area contributed by atoms with Crippen molar-refractivity contribution in [1.82, 2.24) is 5.32 Å². The van der Waals surface area contributed by atoms with Gasteiger partial charge in [0.15, 0.2) is 0 Å². The minimum atomic E-state index is -0.876. The van der Waals surface area contributed by atoms with Crippen molar-refractivity contribution in [2.45, 2.75) is 6.92 Å². The largest absolute Gasteiger partial charge is 0.448 e. The second-order valence-electron chi connectivity index (χ2n) is 3.30. The maximum atomic E-state index is 11.2. The molecule has 3 N–H and O–H groups in total. The normalized spacial score (nSPS) is 9.47. The van der Waals surface area contributed by atoms with E-state index in [1.165, 1.54) is 0 Å². The van der Waals surface area contributed by atoms with Gasteiger partial charge in [0.1, 0.15) is 12.4 Å². The summed E-state index contributed by atoms with van der Waals surface area (Å²) < 4.78 is 9.38. The van der Waals surface area contributed by atoms with Crippen molar-refractivity contribution in [2.75, 3.05) is 13.2 Å². The Morgan fingerprint density at radius 1 is 1.29 bits per heavy atom. The van der Waals surface area contributed by atoms with Crippen LogP contribution in [-0.2, 0) is 4.74 Å². The Kier molecular flexibility index (Phi) is 4.80. The number of nitrogens with one attached hydrogen (secondary N) is 1. The van der Waals surface area contributed by atoms with Gasteiger partial charge in [0.2, 0.25) is 0 Å². The van der Waals surface area contributed by atoms with Gasteiger partial charge in [0.05, 0.1) is 6.54 Å². The molecule has 0 aliphatic heterocycles. The molecule has 0 aliphatic rings. The number of carbonyl (C=O) groups is 2. The van der Waals surface area contributed by atoms with Crippen molar-refractivity contribution in [1.29, 1.82) is 0 Å². The predicted molar refractivity (Wildman–Crippen MR) is 60.7 cm³/mol. The molecule has 6 nitrogen and oxygen atoms in total. The van der Waals surface area contributed by atoms with Gasteiger partial charge in [0.25, 0.3) is 0 Å². The second kappa shape index (κ2) is 6.37. The number of ether oxygens (including phenoxy) is 2. The fourth-order valence-electron chi connectivity index (χ4n) is 1.05. The standard InChI is InChI=1S/C11H14N2O4/c1-8-2-4-9(5-3-8)17-11(15)13-6-7-16-10(12)14/h2-5H,6-7H2,1H3,(H2,12,14)(H,13,15). The fourth-order valence-corrected chi connectivity index (χ4v) is 1.05. The third kappa shape index (κ3) is 5.41. The van der Waals surface area contributed by atoms with E-state index in [1.807, 2.05) is 19.1 Å². The van der Waals surface area contributed by atoms with Crippen LogP contribution in [0, 0.1) is 6.92 Å². The fraction of sp³-hybridized carbons (Fsp3) is 0.273. The predicted octanol–water partition coefficient (Wildman–Crippen LogP) is 1.18. The Hall–Kier alpha value is -2.24. The second-order valence-corrected chi connectivity index (χ2v) is 3.30. The molecule has 1 aromatic carbocycles.